The van der Waals surface area contributed by atoms with Crippen LogP contribution < -0.4 is 11.1 Å². The summed E-state index contributed by atoms with van der Waals surface area (Å²) in [6.07, 6.45) is 0.930. The van der Waals surface area contributed by atoms with Crippen molar-refractivity contribution in [2.45, 2.75) is 39.7 Å². The lowest BCUT2D eigenvalue weighted by molar-refractivity contribution is 0.508. The number of benzene rings is 1. The lowest BCUT2D eigenvalue weighted by Crippen LogP contribution is -2.45. The first kappa shape index (κ1) is 13.6. The van der Waals surface area contributed by atoms with Gasteiger partial charge in [0.05, 0.1) is 0 Å². The van der Waals surface area contributed by atoms with Crippen LogP contribution in [-0.2, 0) is 6.42 Å². The van der Waals surface area contributed by atoms with Crippen LogP contribution in [0.3, 0.4) is 0 Å². The van der Waals surface area contributed by atoms with Crippen molar-refractivity contribution in [2.24, 2.45) is 10.7 Å². The molecule has 0 saturated carbocycles. The van der Waals surface area contributed by atoms with E-state index in [4.69, 9.17) is 5.73 Å². The zero-order valence-corrected chi connectivity index (χ0v) is 11.2. The molecule has 1 rings (SSSR count). The Bertz CT molecular complexity index is 389. The molecule has 0 unspecified atom stereocenters. The summed E-state index contributed by atoms with van der Waals surface area (Å²) in [6.45, 7) is 9.04. The molecule has 1 aromatic carbocycles. The molecule has 0 aliphatic rings. The van der Waals surface area contributed by atoms with Crippen molar-refractivity contribution in [2.75, 3.05) is 6.54 Å². The summed E-state index contributed by atoms with van der Waals surface area (Å²) in [5, 5.41) is 3.15. The van der Waals surface area contributed by atoms with Gasteiger partial charge in [0.2, 0.25) is 0 Å². The van der Waals surface area contributed by atoms with E-state index in [0.717, 1.165) is 13.0 Å². The predicted molar refractivity (Wildman–Crippen MR) is 74.3 cm³/mol. The predicted octanol–water partition coefficient (Wildman–Crippen LogP) is 2.24. The van der Waals surface area contributed by atoms with Crippen LogP contribution in [0.1, 0.15) is 31.9 Å². The third-order valence-corrected chi connectivity index (χ3v) is 2.43. The molecule has 3 nitrogen and oxygen atoms in total. The van der Waals surface area contributed by atoms with Crippen LogP contribution >= 0.6 is 0 Å². The Kier molecular flexibility index (Phi) is 4.55. The van der Waals surface area contributed by atoms with E-state index in [9.17, 15) is 0 Å². The van der Waals surface area contributed by atoms with E-state index >= 15 is 0 Å². The number of nitrogens with one attached hydrogen (secondary N) is 1. The molecule has 0 saturated heterocycles. The van der Waals surface area contributed by atoms with Gasteiger partial charge in [-0.2, -0.15) is 0 Å². The molecule has 3 N–H and O–H groups in total. The Balaban J connectivity index is 2.47. The van der Waals surface area contributed by atoms with Crippen molar-refractivity contribution in [1.29, 1.82) is 0 Å². The quantitative estimate of drug-likeness (QED) is 0.621. The first-order chi connectivity index (χ1) is 7.88. The maximum absolute atomic E-state index is 5.80. The molecule has 0 fully saturated rings. The smallest absolute Gasteiger partial charge is 0.188 e. The van der Waals surface area contributed by atoms with Gasteiger partial charge < -0.3 is 11.1 Å². The van der Waals surface area contributed by atoms with Crippen molar-refractivity contribution in [3.05, 3.63) is 35.4 Å². The second-order valence-corrected chi connectivity index (χ2v) is 5.32. The first-order valence-electron chi connectivity index (χ1n) is 6.01. The minimum absolute atomic E-state index is 0.0315. The highest BCUT2D eigenvalue weighted by molar-refractivity contribution is 5.78. The van der Waals surface area contributed by atoms with Crippen LogP contribution in [0.25, 0.3) is 0 Å². The Morgan fingerprint density at radius 2 is 1.94 bits per heavy atom. The Morgan fingerprint density at radius 1 is 1.29 bits per heavy atom. The molecule has 0 atom stereocenters. The molecule has 0 amide bonds. The number of aliphatic imine (C=N–C) groups is 1. The van der Waals surface area contributed by atoms with Crippen LogP contribution in [0.15, 0.2) is 29.3 Å². The number of aryl methyl sites for hydroxylation is 1. The lowest BCUT2D eigenvalue weighted by Gasteiger charge is -2.21. The highest BCUT2D eigenvalue weighted by atomic mass is 15.1. The van der Waals surface area contributed by atoms with Gasteiger partial charge in [-0.15, -0.1) is 0 Å². The highest BCUT2D eigenvalue weighted by Gasteiger charge is 2.09. The van der Waals surface area contributed by atoms with E-state index in [1.165, 1.54) is 11.1 Å². The lowest BCUT2D eigenvalue weighted by atomic mass is 10.1. The molecule has 0 radical (unpaired) electrons. The van der Waals surface area contributed by atoms with Gasteiger partial charge in [0.15, 0.2) is 5.96 Å². The largest absolute Gasteiger partial charge is 0.370 e. The van der Waals surface area contributed by atoms with E-state index in [1.807, 2.05) is 0 Å². The van der Waals surface area contributed by atoms with E-state index in [0.29, 0.717) is 5.96 Å². The molecule has 0 aliphatic carbocycles. The van der Waals surface area contributed by atoms with Gasteiger partial charge in [0.1, 0.15) is 0 Å². The summed E-state index contributed by atoms with van der Waals surface area (Å²) in [7, 11) is 0. The number of hydrogen-bond donors (Lipinski definition) is 2. The van der Waals surface area contributed by atoms with Gasteiger partial charge in [-0.3, -0.25) is 4.99 Å². The Hall–Kier alpha value is -1.51. The fourth-order valence-corrected chi connectivity index (χ4v) is 1.61. The maximum Gasteiger partial charge on any atom is 0.188 e. The van der Waals surface area contributed by atoms with E-state index < -0.39 is 0 Å². The monoisotopic (exact) mass is 233 g/mol. The van der Waals surface area contributed by atoms with E-state index in [-0.39, 0.29) is 5.54 Å². The van der Waals surface area contributed by atoms with Crippen LogP contribution in [0.2, 0.25) is 0 Å². The average molecular weight is 233 g/mol. The van der Waals surface area contributed by atoms with E-state index in [1.54, 1.807) is 0 Å². The van der Waals surface area contributed by atoms with Crippen molar-refractivity contribution < 1.29 is 0 Å². The molecule has 1 aromatic rings. The van der Waals surface area contributed by atoms with Gasteiger partial charge >= 0.3 is 0 Å². The zero-order valence-electron chi connectivity index (χ0n) is 11.2. The standard InChI is InChI=1S/C14H23N3/c1-11-7-5-6-8-12(11)9-10-16-13(15)17-14(2,3)4/h5-8H,9-10H2,1-4H3,(H3,15,16,17). The summed E-state index contributed by atoms with van der Waals surface area (Å²) in [4.78, 5) is 4.33. The minimum atomic E-state index is -0.0315. The first-order valence-corrected chi connectivity index (χ1v) is 6.01. The second kappa shape index (κ2) is 5.71. The molecule has 0 aliphatic heterocycles. The summed E-state index contributed by atoms with van der Waals surface area (Å²) in [5.74, 6) is 0.520. The van der Waals surface area contributed by atoms with Crippen molar-refractivity contribution in [3.8, 4) is 0 Å². The van der Waals surface area contributed by atoms with Gasteiger partial charge in [-0.05, 0) is 45.2 Å². The van der Waals surface area contributed by atoms with Gasteiger partial charge in [0, 0.05) is 12.1 Å². The normalized spacial score (nSPS) is 12.6. The van der Waals surface area contributed by atoms with Crippen LogP contribution in [0.5, 0.6) is 0 Å². The summed E-state index contributed by atoms with van der Waals surface area (Å²) in [6, 6.07) is 8.37. The molecular weight excluding hydrogens is 210 g/mol. The molecule has 0 bridgehead atoms. The number of nitrogens with two attached hydrogens (primary N) is 1. The van der Waals surface area contributed by atoms with Crippen LogP contribution in [0.4, 0.5) is 0 Å². The summed E-state index contributed by atoms with van der Waals surface area (Å²) < 4.78 is 0. The Labute approximate surface area is 104 Å². The van der Waals surface area contributed by atoms with E-state index in [2.05, 4.69) is 62.3 Å². The van der Waals surface area contributed by atoms with Gasteiger partial charge in [-0.1, -0.05) is 24.3 Å². The second-order valence-electron chi connectivity index (χ2n) is 5.32. The molecular formula is C14H23N3. The fraction of sp³-hybridized carbons (Fsp3) is 0.500. The summed E-state index contributed by atoms with van der Waals surface area (Å²) >= 11 is 0. The molecule has 3 heteroatoms. The van der Waals surface area contributed by atoms with Gasteiger partial charge in [0.25, 0.3) is 0 Å². The minimum Gasteiger partial charge on any atom is -0.370 e. The third kappa shape index (κ3) is 5.38. The Morgan fingerprint density at radius 3 is 2.53 bits per heavy atom. The topological polar surface area (TPSA) is 50.4 Å². The molecule has 0 aromatic heterocycles. The van der Waals surface area contributed by atoms with Gasteiger partial charge in [-0.25, -0.2) is 0 Å². The maximum atomic E-state index is 5.80. The van der Waals surface area contributed by atoms with Crippen LogP contribution in [0, 0.1) is 6.92 Å². The number of nitrogens with zero attached hydrogens (tertiary/aromatic N) is 1. The van der Waals surface area contributed by atoms with Crippen molar-refractivity contribution >= 4 is 5.96 Å². The molecule has 0 spiro atoms. The third-order valence-electron chi connectivity index (χ3n) is 2.43. The van der Waals surface area contributed by atoms with Crippen molar-refractivity contribution in [1.82, 2.24) is 5.32 Å². The molecule has 17 heavy (non-hydrogen) atoms. The van der Waals surface area contributed by atoms with Crippen LogP contribution in [-0.4, -0.2) is 18.0 Å². The highest BCUT2D eigenvalue weighted by Crippen LogP contribution is 2.07. The number of guanidine groups is 1. The fourth-order valence-electron chi connectivity index (χ4n) is 1.61. The van der Waals surface area contributed by atoms with Crippen molar-refractivity contribution in [3.63, 3.8) is 0 Å². The SMILES string of the molecule is Cc1ccccc1CCN=C(N)NC(C)(C)C. The molecule has 94 valence electrons. The summed E-state index contributed by atoms with van der Waals surface area (Å²) in [5.41, 5.74) is 8.41. The average Bonchev–Trinajstić information content (AvgIpc) is 2.18. The number of hydrogen-bond acceptors (Lipinski definition) is 1. The zero-order chi connectivity index (χ0) is 12.9. The number of rotatable bonds is 3. The molecule has 0 heterocycles.